The standard InChI is InChI=1S/C15H30N2O2/c1-14(2,3)16-8-13(9-16)19-11-15(4,5)17-6-12(7-17)10-18/h12-13,18H,6-11H2,1-5H3. The van der Waals surface area contributed by atoms with Crippen molar-refractivity contribution in [1.82, 2.24) is 9.80 Å². The van der Waals surface area contributed by atoms with E-state index in [2.05, 4.69) is 44.4 Å². The summed E-state index contributed by atoms with van der Waals surface area (Å²) in [6.45, 7) is 16.5. The van der Waals surface area contributed by atoms with Crippen molar-refractivity contribution in [2.45, 2.75) is 51.8 Å². The largest absolute Gasteiger partial charge is 0.396 e. The number of aliphatic hydroxyl groups is 1. The minimum atomic E-state index is 0.0911. The fraction of sp³-hybridized carbons (Fsp3) is 1.00. The SMILES string of the molecule is CC(C)(C)N1CC(OCC(C)(C)N2CC(CO)C2)C1. The predicted octanol–water partition coefficient (Wildman–Crippen LogP) is 1.19. The lowest BCUT2D eigenvalue weighted by Gasteiger charge is -2.51. The van der Waals surface area contributed by atoms with E-state index in [0.29, 0.717) is 18.6 Å². The van der Waals surface area contributed by atoms with Crippen LogP contribution in [0.15, 0.2) is 0 Å². The summed E-state index contributed by atoms with van der Waals surface area (Å²) in [5, 5.41) is 9.08. The molecule has 112 valence electrons. The van der Waals surface area contributed by atoms with Gasteiger partial charge in [-0.25, -0.2) is 0 Å². The van der Waals surface area contributed by atoms with Crippen LogP contribution >= 0.6 is 0 Å². The fourth-order valence-corrected chi connectivity index (χ4v) is 2.68. The molecule has 0 spiro atoms. The quantitative estimate of drug-likeness (QED) is 0.814. The van der Waals surface area contributed by atoms with Crippen molar-refractivity contribution < 1.29 is 9.84 Å². The maximum atomic E-state index is 9.08. The molecule has 1 N–H and O–H groups in total. The Bertz CT molecular complexity index is 300. The molecule has 0 atom stereocenters. The highest BCUT2D eigenvalue weighted by atomic mass is 16.5. The smallest absolute Gasteiger partial charge is 0.0829 e. The Morgan fingerprint density at radius 3 is 2.05 bits per heavy atom. The van der Waals surface area contributed by atoms with Crippen LogP contribution < -0.4 is 0 Å². The van der Waals surface area contributed by atoms with E-state index < -0.39 is 0 Å². The lowest BCUT2D eigenvalue weighted by atomic mass is 9.92. The zero-order chi connectivity index (χ0) is 14.3. The predicted molar refractivity (Wildman–Crippen MR) is 77.3 cm³/mol. The van der Waals surface area contributed by atoms with Gasteiger partial charge in [0.1, 0.15) is 0 Å². The number of ether oxygens (including phenoxy) is 1. The van der Waals surface area contributed by atoms with Gasteiger partial charge in [-0.05, 0) is 34.6 Å². The molecule has 0 bridgehead atoms. The van der Waals surface area contributed by atoms with Gasteiger partial charge in [-0.1, -0.05) is 0 Å². The van der Waals surface area contributed by atoms with Crippen molar-refractivity contribution >= 4 is 0 Å². The molecule has 0 aromatic rings. The van der Waals surface area contributed by atoms with E-state index in [-0.39, 0.29) is 11.1 Å². The first-order valence-corrected chi connectivity index (χ1v) is 7.45. The van der Waals surface area contributed by atoms with Crippen molar-refractivity contribution in [3.8, 4) is 0 Å². The molecule has 0 aromatic carbocycles. The van der Waals surface area contributed by atoms with E-state index in [1.807, 2.05) is 0 Å². The summed E-state index contributed by atoms with van der Waals surface area (Å²) < 4.78 is 6.05. The number of rotatable bonds is 5. The fourth-order valence-electron chi connectivity index (χ4n) is 2.68. The molecule has 4 heteroatoms. The molecule has 0 amide bonds. The Labute approximate surface area is 117 Å². The summed E-state index contributed by atoms with van der Waals surface area (Å²) >= 11 is 0. The van der Waals surface area contributed by atoms with Crippen LogP contribution in [0.1, 0.15) is 34.6 Å². The lowest BCUT2D eigenvalue weighted by Crippen LogP contribution is -2.63. The summed E-state index contributed by atoms with van der Waals surface area (Å²) in [5.74, 6) is 0.472. The molecule has 2 saturated heterocycles. The molecule has 2 heterocycles. The van der Waals surface area contributed by atoms with E-state index in [4.69, 9.17) is 9.84 Å². The second-order valence-electron chi connectivity index (χ2n) is 7.77. The molecular formula is C15H30N2O2. The molecule has 0 radical (unpaired) electrons. The van der Waals surface area contributed by atoms with Gasteiger partial charge in [-0.2, -0.15) is 0 Å². The third kappa shape index (κ3) is 3.48. The average molecular weight is 270 g/mol. The van der Waals surface area contributed by atoms with E-state index in [1.165, 1.54) is 0 Å². The molecule has 2 fully saturated rings. The van der Waals surface area contributed by atoms with Gasteiger partial charge >= 0.3 is 0 Å². The van der Waals surface area contributed by atoms with E-state index in [1.54, 1.807) is 0 Å². The number of likely N-dealkylation sites (tertiary alicyclic amines) is 2. The average Bonchev–Trinajstić information content (AvgIpc) is 2.10. The highest BCUT2D eigenvalue weighted by Crippen LogP contribution is 2.28. The number of hydrogen-bond donors (Lipinski definition) is 1. The van der Waals surface area contributed by atoms with Crippen LogP contribution in [0.3, 0.4) is 0 Å². The Morgan fingerprint density at radius 1 is 1.00 bits per heavy atom. The van der Waals surface area contributed by atoms with Crippen LogP contribution in [0.4, 0.5) is 0 Å². The van der Waals surface area contributed by atoms with Gasteiger partial charge < -0.3 is 9.84 Å². The second-order valence-corrected chi connectivity index (χ2v) is 7.77. The summed E-state index contributed by atoms with van der Waals surface area (Å²) in [7, 11) is 0. The third-order valence-electron chi connectivity index (χ3n) is 4.54. The van der Waals surface area contributed by atoms with Gasteiger partial charge in [0.05, 0.1) is 12.7 Å². The Hall–Kier alpha value is -0.160. The summed E-state index contributed by atoms with van der Waals surface area (Å²) in [6, 6.07) is 0. The maximum Gasteiger partial charge on any atom is 0.0829 e. The van der Waals surface area contributed by atoms with Gasteiger partial charge in [-0.3, -0.25) is 9.80 Å². The molecule has 2 aliphatic heterocycles. The van der Waals surface area contributed by atoms with Crippen LogP contribution in [0.25, 0.3) is 0 Å². The normalized spacial score (nSPS) is 24.3. The maximum absolute atomic E-state index is 9.08. The lowest BCUT2D eigenvalue weighted by molar-refractivity contribution is -0.127. The van der Waals surface area contributed by atoms with Gasteiger partial charge in [0.25, 0.3) is 0 Å². The summed E-state index contributed by atoms with van der Waals surface area (Å²) in [4.78, 5) is 4.87. The van der Waals surface area contributed by atoms with Crippen LogP contribution in [0.2, 0.25) is 0 Å². The molecular weight excluding hydrogens is 240 g/mol. The van der Waals surface area contributed by atoms with Crippen molar-refractivity contribution in [2.24, 2.45) is 5.92 Å². The zero-order valence-electron chi connectivity index (χ0n) is 13.1. The van der Waals surface area contributed by atoms with Crippen molar-refractivity contribution in [3.63, 3.8) is 0 Å². The third-order valence-corrected chi connectivity index (χ3v) is 4.54. The van der Waals surface area contributed by atoms with Crippen molar-refractivity contribution in [2.75, 3.05) is 39.4 Å². The zero-order valence-corrected chi connectivity index (χ0v) is 13.1. The van der Waals surface area contributed by atoms with Gasteiger partial charge in [0.2, 0.25) is 0 Å². The monoisotopic (exact) mass is 270 g/mol. The molecule has 0 aliphatic carbocycles. The molecule has 0 unspecified atom stereocenters. The minimum absolute atomic E-state index is 0.0911. The number of aliphatic hydroxyl groups excluding tert-OH is 1. The molecule has 0 saturated carbocycles. The summed E-state index contributed by atoms with van der Waals surface area (Å²) in [5.41, 5.74) is 0.356. The van der Waals surface area contributed by atoms with Crippen LogP contribution in [-0.4, -0.2) is 71.5 Å². The number of hydrogen-bond acceptors (Lipinski definition) is 4. The van der Waals surface area contributed by atoms with Crippen molar-refractivity contribution in [1.29, 1.82) is 0 Å². The first-order chi connectivity index (χ1) is 8.72. The highest BCUT2D eigenvalue weighted by Gasteiger charge is 2.39. The summed E-state index contributed by atoms with van der Waals surface area (Å²) in [6.07, 6.45) is 0.397. The first kappa shape index (κ1) is 15.2. The van der Waals surface area contributed by atoms with E-state index >= 15 is 0 Å². The molecule has 2 aliphatic rings. The van der Waals surface area contributed by atoms with Crippen LogP contribution in [-0.2, 0) is 4.74 Å². The molecule has 0 aromatic heterocycles. The van der Waals surface area contributed by atoms with Gasteiger partial charge in [-0.15, -0.1) is 0 Å². The Morgan fingerprint density at radius 2 is 1.58 bits per heavy atom. The molecule has 19 heavy (non-hydrogen) atoms. The first-order valence-electron chi connectivity index (χ1n) is 7.45. The van der Waals surface area contributed by atoms with E-state index in [0.717, 1.165) is 32.8 Å². The second kappa shape index (κ2) is 5.32. The van der Waals surface area contributed by atoms with Gasteiger partial charge in [0, 0.05) is 49.8 Å². The van der Waals surface area contributed by atoms with Crippen LogP contribution in [0, 0.1) is 5.92 Å². The number of nitrogens with zero attached hydrogens (tertiary/aromatic N) is 2. The van der Waals surface area contributed by atoms with E-state index in [9.17, 15) is 0 Å². The Kier molecular flexibility index (Phi) is 4.26. The van der Waals surface area contributed by atoms with Crippen molar-refractivity contribution in [3.05, 3.63) is 0 Å². The molecule has 4 nitrogen and oxygen atoms in total. The van der Waals surface area contributed by atoms with Crippen LogP contribution in [0.5, 0.6) is 0 Å². The van der Waals surface area contributed by atoms with Gasteiger partial charge in [0.15, 0.2) is 0 Å². The highest BCUT2D eigenvalue weighted by molar-refractivity contribution is 4.93. The minimum Gasteiger partial charge on any atom is -0.396 e. The topological polar surface area (TPSA) is 35.9 Å². The Balaban J connectivity index is 1.66. The molecule has 2 rings (SSSR count).